The van der Waals surface area contributed by atoms with Crippen molar-refractivity contribution in [3.63, 3.8) is 0 Å². The monoisotopic (exact) mass is 274 g/mol. The summed E-state index contributed by atoms with van der Waals surface area (Å²) in [6.45, 7) is 8.68. The molecule has 0 fully saturated rings. The molecule has 0 aliphatic carbocycles. The zero-order chi connectivity index (χ0) is 14.7. The average molecular weight is 274 g/mol. The molecule has 1 atom stereocenters. The SMILES string of the molecule is CCn1nc(C)cc1C(O)c1ccc(OC(C)C)cc1. The van der Waals surface area contributed by atoms with Crippen molar-refractivity contribution < 1.29 is 9.84 Å². The van der Waals surface area contributed by atoms with Gasteiger partial charge in [-0.1, -0.05) is 12.1 Å². The summed E-state index contributed by atoms with van der Waals surface area (Å²) in [5.41, 5.74) is 2.58. The first-order chi connectivity index (χ1) is 9.51. The van der Waals surface area contributed by atoms with Gasteiger partial charge in [0.15, 0.2) is 0 Å². The lowest BCUT2D eigenvalue weighted by Crippen LogP contribution is -2.09. The van der Waals surface area contributed by atoms with Crippen LogP contribution >= 0.6 is 0 Å². The van der Waals surface area contributed by atoms with E-state index in [1.165, 1.54) is 0 Å². The van der Waals surface area contributed by atoms with Crippen molar-refractivity contribution in [2.24, 2.45) is 0 Å². The summed E-state index contributed by atoms with van der Waals surface area (Å²) in [7, 11) is 0. The van der Waals surface area contributed by atoms with Crippen LogP contribution in [0.4, 0.5) is 0 Å². The molecule has 20 heavy (non-hydrogen) atoms. The van der Waals surface area contributed by atoms with Gasteiger partial charge in [-0.25, -0.2) is 0 Å². The largest absolute Gasteiger partial charge is 0.491 e. The predicted molar refractivity (Wildman–Crippen MR) is 78.9 cm³/mol. The van der Waals surface area contributed by atoms with Gasteiger partial charge in [0.2, 0.25) is 0 Å². The number of aliphatic hydroxyl groups excluding tert-OH is 1. The van der Waals surface area contributed by atoms with Crippen LogP contribution in [0.1, 0.15) is 43.8 Å². The molecule has 0 aliphatic rings. The van der Waals surface area contributed by atoms with Gasteiger partial charge in [-0.2, -0.15) is 5.10 Å². The topological polar surface area (TPSA) is 47.3 Å². The van der Waals surface area contributed by atoms with Gasteiger partial charge in [0, 0.05) is 6.54 Å². The lowest BCUT2D eigenvalue weighted by atomic mass is 10.1. The molecule has 1 aromatic heterocycles. The van der Waals surface area contributed by atoms with E-state index < -0.39 is 6.10 Å². The lowest BCUT2D eigenvalue weighted by molar-refractivity contribution is 0.207. The number of nitrogens with zero attached hydrogens (tertiary/aromatic N) is 2. The third kappa shape index (κ3) is 3.20. The van der Waals surface area contributed by atoms with Crippen molar-refractivity contribution in [3.8, 4) is 5.75 Å². The molecule has 0 saturated heterocycles. The van der Waals surface area contributed by atoms with Gasteiger partial charge < -0.3 is 9.84 Å². The smallest absolute Gasteiger partial charge is 0.121 e. The molecule has 1 unspecified atom stereocenters. The predicted octanol–water partition coefficient (Wildman–Crippen LogP) is 3.08. The molecular formula is C16H22N2O2. The molecule has 2 aromatic rings. The van der Waals surface area contributed by atoms with E-state index in [9.17, 15) is 5.11 Å². The zero-order valence-electron chi connectivity index (χ0n) is 12.5. The quantitative estimate of drug-likeness (QED) is 0.911. The van der Waals surface area contributed by atoms with Crippen LogP contribution in [0.3, 0.4) is 0 Å². The minimum absolute atomic E-state index is 0.148. The molecular weight excluding hydrogens is 252 g/mol. The molecule has 1 heterocycles. The average Bonchev–Trinajstić information content (AvgIpc) is 2.79. The molecule has 4 heteroatoms. The normalized spacial score (nSPS) is 12.7. The molecule has 1 aromatic carbocycles. The zero-order valence-corrected chi connectivity index (χ0v) is 12.5. The number of hydrogen-bond donors (Lipinski definition) is 1. The van der Waals surface area contributed by atoms with Crippen molar-refractivity contribution >= 4 is 0 Å². The fourth-order valence-corrected chi connectivity index (χ4v) is 2.21. The Balaban J connectivity index is 2.22. The van der Waals surface area contributed by atoms with Crippen LogP contribution < -0.4 is 4.74 Å². The van der Waals surface area contributed by atoms with Gasteiger partial charge in [-0.05, 0) is 51.5 Å². The Morgan fingerprint density at radius 3 is 2.45 bits per heavy atom. The van der Waals surface area contributed by atoms with Crippen LogP contribution in [-0.2, 0) is 6.54 Å². The Kier molecular flexibility index (Phi) is 4.45. The first kappa shape index (κ1) is 14.6. The molecule has 0 spiro atoms. The van der Waals surface area contributed by atoms with Crippen LogP contribution in [0.25, 0.3) is 0 Å². The van der Waals surface area contributed by atoms with E-state index in [0.717, 1.165) is 29.2 Å². The van der Waals surface area contributed by atoms with Crippen LogP contribution in [0.15, 0.2) is 30.3 Å². The van der Waals surface area contributed by atoms with E-state index in [1.807, 2.05) is 62.7 Å². The Bertz CT molecular complexity index is 558. The number of benzene rings is 1. The maximum absolute atomic E-state index is 10.5. The van der Waals surface area contributed by atoms with Gasteiger partial charge in [0.05, 0.1) is 17.5 Å². The summed E-state index contributed by atoms with van der Waals surface area (Å²) in [5.74, 6) is 0.816. The minimum atomic E-state index is -0.663. The van der Waals surface area contributed by atoms with Crippen molar-refractivity contribution in [2.45, 2.75) is 46.4 Å². The highest BCUT2D eigenvalue weighted by atomic mass is 16.5. The number of rotatable bonds is 5. The highest BCUT2D eigenvalue weighted by molar-refractivity contribution is 5.32. The lowest BCUT2D eigenvalue weighted by Gasteiger charge is -2.14. The highest BCUT2D eigenvalue weighted by Crippen LogP contribution is 2.25. The van der Waals surface area contributed by atoms with Crippen LogP contribution in [0.5, 0.6) is 5.75 Å². The summed E-state index contributed by atoms with van der Waals surface area (Å²) < 4.78 is 7.44. The number of hydrogen-bond acceptors (Lipinski definition) is 3. The minimum Gasteiger partial charge on any atom is -0.491 e. The third-order valence-corrected chi connectivity index (χ3v) is 3.08. The fraction of sp³-hybridized carbons (Fsp3) is 0.438. The second-order valence-electron chi connectivity index (χ2n) is 5.16. The van der Waals surface area contributed by atoms with E-state index in [0.29, 0.717) is 0 Å². The molecule has 108 valence electrons. The van der Waals surface area contributed by atoms with E-state index in [2.05, 4.69) is 5.10 Å². The van der Waals surface area contributed by atoms with Crippen LogP contribution in [0.2, 0.25) is 0 Å². The van der Waals surface area contributed by atoms with E-state index >= 15 is 0 Å². The first-order valence-electron chi connectivity index (χ1n) is 7.00. The molecule has 0 radical (unpaired) electrons. The Morgan fingerprint density at radius 2 is 1.90 bits per heavy atom. The molecule has 0 amide bonds. The molecule has 1 N–H and O–H groups in total. The van der Waals surface area contributed by atoms with Gasteiger partial charge in [0.25, 0.3) is 0 Å². The van der Waals surface area contributed by atoms with Crippen LogP contribution in [-0.4, -0.2) is 21.0 Å². The maximum Gasteiger partial charge on any atom is 0.121 e. The van der Waals surface area contributed by atoms with E-state index in [4.69, 9.17) is 4.74 Å². The Hall–Kier alpha value is -1.81. The number of aromatic nitrogens is 2. The van der Waals surface area contributed by atoms with Gasteiger partial charge in [-0.15, -0.1) is 0 Å². The number of aliphatic hydroxyl groups is 1. The maximum atomic E-state index is 10.5. The molecule has 0 bridgehead atoms. The summed E-state index contributed by atoms with van der Waals surface area (Å²) in [6.07, 6.45) is -0.515. The fourth-order valence-electron chi connectivity index (χ4n) is 2.21. The van der Waals surface area contributed by atoms with Gasteiger partial charge in [-0.3, -0.25) is 4.68 Å². The van der Waals surface area contributed by atoms with Gasteiger partial charge >= 0.3 is 0 Å². The summed E-state index contributed by atoms with van der Waals surface area (Å²) in [5, 5.41) is 14.9. The number of aryl methyl sites for hydroxylation is 2. The van der Waals surface area contributed by atoms with Crippen molar-refractivity contribution in [2.75, 3.05) is 0 Å². The number of ether oxygens (including phenoxy) is 1. The summed E-state index contributed by atoms with van der Waals surface area (Å²) >= 11 is 0. The second-order valence-corrected chi connectivity index (χ2v) is 5.16. The standard InChI is InChI=1S/C16H22N2O2/c1-5-18-15(10-12(4)17-18)16(19)13-6-8-14(9-7-13)20-11(2)3/h6-11,16,19H,5H2,1-4H3. The van der Waals surface area contributed by atoms with Crippen LogP contribution in [0, 0.1) is 6.92 Å². The third-order valence-electron chi connectivity index (χ3n) is 3.08. The Labute approximate surface area is 120 Å². The highest BCUT2D eigenvalue weighted by Gasteiger charge is 2.16. The molecule has 0 saturated carbocycles. The molecule has 4 nitrogen and oxygen atoms in total. The molecule has 2 rings (SSSR count). The van der Waals surface area contributed by atoms with Crippen molar-refractivity contribution in [3.05, 3.63) is 47.3 Å². The van der Waals surface area contributed by atoms with E-state index in [1.54, 1.807) is 0 Å². The summed E-state index contributed by atoms with van der Waals surface area (Å²) in [6, 6.07) is 9.48. The van der Waals surface area contributed by atoms with Crippen molar-refractivity contribution in [1.82, 2.24) is 9.78 Å². The van der Waals surface area contributed by atoms with Gasteiger partial charge in [0.1, 0.15) is 11.9 Å². The summed E-state index contributed by atoms with van der Waals surface area (Å²) in [4.78, 5) is 0. The van der Waals surface area contributed by atoms with E-state index in [-0.39, 0.29) is 6.10 Å². The first-order valence-corrected chi connectivity index (χ1v) is 7.00. The Morgan fingerprint density at radius 1 is 1.25 bits per heavy atom. The molecule has 0 aliphatic heterocycles. The second kappa shape index (κ2) is 6.09. The van der Waals surface area contributed by atoms with Crippen molar-refractivity contribution in [1.29, 1.82) is 0 Å².